The summed E-state index contributed by atoms with van der Waals surface area (Å²) in [6.45, 7) is 8.63. The van der Waals surface area contributed by atoms with E-state index in [0.717, 1.165) is 18.8 Å². The minimum atomic E-state index is -0.330. The van der Waals surface area contributed by atoms with Crippen molar-refractivity contribution in [2.45, 2.75) is 32.9 Å². The maximum absolute atomic E-state index is 12.3. The molecule has 1 fully saturated rings. The highest BCUT2D eigenvalue weighted by atomic mass is 16.3. The van der Waals surface area contributed by atoms with Gasteiger partial charge in [-0.2, -0.15) is 5.10 Å². The third-order valence-corrected chi connectivity index (χ3v) is 3.42. The van der Waals surface area contributed by atoms with Crippen LogP contribution in [0.25, 0.3) is 0 Å². The second kappa shape index (κ2) is 5.71. The van der Waals surface area contributed by atoms with E-state index in [4.69, 9.17) is 0 Å². The number of H-pyrrole nitrogens is 1. The first-order chi connectivity index (χ1) is 8.97. The highest BCUT2D eigenvalue weighted by Crippen LogP contribution is 2.13. The van der Waals surface area contributed by atoms with E-state index in [-0.39, 0.29) is 18.1 Å². The van der Waals surface area contributed by atoms with Gasteiger partial charge in [0.05, 0.1) is 6.10 Å². The molecule has 1 aliphatic rings. The lowest BCUT2D eigenvalue weighted by Crippen LogP contribution is -2.55. The average molecular weight is 266 g/mol. The van der Waals surface area contributed by atoms with Crippen molar-refractivity contribution in [3.8, 4) is 0 Å². The van der Waals surface area contributed by atoms with Crippen LogP contribution in [0.4, 0.5) is 0 Å². The first-order valence-corrected chi connectivity index (χ1v) is 6.70. The van der Waals surface area contributed by atoms with Crippen LogP contribution in [-0.4, -0.2) is 69.3 Å². The Morgan fingerprint density at radius 1 is 1.63 bits per heavy atom. The van der Waals surface area contributed by atoms with Crippen molar-refractivity contribution in [1.29, 1.82) is 0 Å². The molecule has 6 heteroatoms. The monoisotopic (exact) mass is 266 g/mol. The third kappa shape index (κ3) is 3.33. The number of aromatic nitrogens is 2. The number of aliphatic hydroxyl groups excluding tert-OH is 1. The number of carbonyl (C=O) groups excluding carboxylic acids is 1. The number of carbonyl (C=O) groups is 1. The first kappa shape index (κ1) is 14.0. The van der Waals surface area contributed by atoms with Gasteiger partial charge in [0.15, 0.2) is 0 Å². The van der Waals surface area contributed by atoms with Gasteiger partial charge < -0.3 is 10.0 Å². The van der Waals surface area contributed by atoms with Crippen LogP contribution in [0, 0.1) is 6.92 Å². The summed E-state index contributed by atoms with van der Waals surface area (Å²) in [6, 6.07) is 1.91. The molecule has 106 valence electrons. The molecule has 19 heavy (non-hydrogen) atoms. The Labute approximate surface area is 113 Å². The van der Waals surface area contributed by atoms with E-state index in [0.29, 0.717) is 18.8 Å². The fraction of sp³-hybridized carbons (Fsp3) is 0.692. The predicted molar refractivity (Wildman–Crippen MR) is 71.9 cm³/mol. The van der Waals surface area contributed by atoms with E-state index in [1.54, 1.807) is 13.0 Å². The number of aliphatic hydroxyl groups is 1. The fourth-order valence-corrected chi connectivity index (χ4v) is 2.55. The Hall–Kier alpha value is -1.40. The van der Waals surface area contributed by atoms with Crippen molar-refractivity contribution in [3.05, 3.63) is 17.5 Å². The quantitative estimate of drug-likeness (QED) is 0.822. The molecule has 0 saturated carbocycles. The maximum Gasteiger partial charge on any atom is 0.274 e. The molecule has 6 nitrogen and oxygen atoms in total. The lowest BCUT2D eigenvalue weighted by molar-refractivity contribution is 0.0378. The molecule has 0 bridgehead atoms. The van der Waals surface area contributed by atoms with E-state index in [2.05, 4.69) is 15.1 Å². The first-order valence-electron chi connectivity index (χ1n) is 6.70. The van der Waals surface area contributed by atoms with Gasteiger partial charge in [-0.15, -0.1) is 0 Å². The Morgan fingerprint density at radius 3 is 2.89 bits per heavy atom. The van der Waals surface area contributed by atoms with Gasteiger partial charge in [0.1, 0.15) is 5.69 Å². The van der Waals surface area contributed by atoms with Gasteiger partial charge in [-0.3, -0.25) is 14.8 Å². The van der Waals surface area contributed by atoms with Crippen LogP contribution in [0.3, 0.4) is 0 Å². The van der Waals surface area contributed by atoms with Gasteiger partial charge >= 0.3 is 0 Å². The minimum absolute atomic E-state index is 0.0199. The van der Waals surface area contributed by atoms with Gasteiger partial charge in [0.25, 0.3) is 5.91 Å². The Kier molecular flexibility index (Phi) is 4.21. The zero-order chi connectivity index (χ0) is 14.0. The molecule has 1 aromatic rings. The molecule has 1 amide bonds. The zero-order valence-corrected chi connectivity index (χ0v) is 11.8. The van der Waals surface area contributed by atoms with Crippen LogP contribution in [0.15, 0.2) is 6.07 Å². The number of nitrogens with zero attached hydrogens (tertiary/aromatic N) is 3. The van der Waals surface area contributed by atoms with Gasteiger partial charge in [-0.05, 0) is 26.8 Å². The number of nitrogens with one attached hydrogen (secondary N) is 1. The van der Waals surface area contributed by atoms with E-state index >= 15 is 0 Å². The molecule has 2 atom stereocenters. The summed E-state index contributed by atoms with van der Waals surface area (Å²) in [5, 5.41) is 16.2. The van der Waals surface area contributed by atoms with Crippen LogP contribution in [-0.2, 0) is 0 Å². The SMILES string of the molecule is Cc1cc(C(=O)N2CCN(C[C@H](C)O)C[C@H]2C)n[nH]1. The summed E-state index contributed by atoms with van der Waals surface area (Å²) in [7, 11) is 0. The van der Waals surface area contributed by atoms with E-state index in [9.17, 15) is 9.90 Å². The van der Waals surface area contributed by atoms with Crippen LogP contribution >= 0.6 is 0 Å². The molecular weight excluding hydrogens is 244 g/mol. The second-order valence-corrected chi connectivity index (χ2v) is 5.39. The molecule has 2 heterocycles. The molecule has 0 spiro atoms. The number of aryl methyl sites for hydroxylation is 1. The number of aromatic amines is 1. The van der Waals surface area contributed by atoms with Crippen LogP contribution in [0.5, 0.6) is 0 Å². The maximum atomic E-state index is 12.3. The van der Waals surface area contributed by atoms with E-state index < -0.39 is 0 Å². The standard InChI is InChI=1S/C13H22N4O2/c1-9-6-12(15-14-9)13(19)17-5-4-16(7-10(17)2)8-11(3)18/h6,10-11,18H,4-5,7-8H2,1-3H3,(H,14,15)/t10-,11+/m1/s1. The highest BCUT2D eigenvalue weighted by Gasteiger charge is 2.29. The van der Waals surface area contributed by atoms with Crippen molar-refractivity contribution in [3.63, 3.8) is 0 Å². The molecule has 1 aliphatic heterocycles. The summed E-state index contributed by atoms with van der Waals surface area (Å²) in [6.07, 6.45) is -0.330. The second-order valence-electron chi connectivity index (χ2n) is 5.39. The summed E-state index contributed by atoms with van der Waals surface area (Å²) in [4.78, 5) is 16.4. The summed E-state index contributed by atoms with van der Waals surface area (Å²) in [5.74, 6) is -0.0199. The van der Waals surface area contributed by atoms with Gasteiger partial charge in [-0.1, -0.05) is 0 Å². The fourth-order valence-electron chi connectivity index (χ4n) is 2.55. The number of β-amino-alcohol motifs (C(OH)–C–C–N with tert-alkyl or cyclic N) is 1. The van der Waals surface area contributed by atoms with Crippen LogP contribution < -0.4 is 0 Å². The minimum Gasteiger partial charge on any atom is -0.392 e. The van der Waals surface area contributed by atoms with Crippen LogP contribution in [0.2, 0.25) is 0 Å². The topological polar surface area (TPSA) is 72.5 Å². The number of hydrogen-bond acceptors (Lipinski definition) is 4. The molecule has 1 saturated heterocycles. The number of piperazine rings is 1. The third-order valence-electron chi connectivity index (χ3n) is 3.42. The lowest BCUT2D eigenvalue weighted by atomic mass is 10.1. The van der Waals surface area contributed by atoms with Gasteiger partial charge in [0, 0.05) is 37.9 Å². The molecule has 2 rings (SSSR count). The van der Waals surface area contributed by atoms with Crippen molar-refractivity contribution >= 4 is 5.91 Å². The molecule has 1 aromatic heterocycles. The van der Waals surface area contributed by atoms with E-state index in [1.807, 2.05) is 18.7 Å². The predicted octanol–water partition coefficient (Wildman–Crippen LogP) is 0.245. The summed E-state index contributed by atoms with van der Waals surface area (Å²) >= 11 is 0. The molecular formula is C13H22N4O2. The van der Waals surface area contributed by atoms with Gasteiger partial charge in [0.2, 0.25) is 0 Å². The van der Waals surface area contributed by atoms with E-state index in [1.165, 1.54) is 0 Å². The Bertz CT molecular complexity index is 444. The molecule has 0 aromatic carbocycles. The summed E-state index contributed by atoms with van der Waals surface area (Å²) in [5.41, 5.74) is 1.37. The van der Waals surface area contributed by atoms with Crippen molar-refractivity contribution in [2.75, 3.05) is 26.2 Å². The Morgan fingerprint density at radius 2 is 2.37 bits per heavy atom. The molecule has 2 N–H and O–H groups in total. The summed E-state index contributed by atoms with van der Waals surface area (Å²) < 4.78 is 0. The number of rotatable bonds is 3. The van der Waals surface area contributed by atoms with Crippen molar-refractivity contribution < 1.29 is 9.90 Å². The zero-order valence-electron chi connectivity index (χ0n) is 11.8. The van der Waals surface area contributed by atoms with Crippen LogP contribution in [0.1, 0.15) is 30.0 Å². The molecule has 0 aliphatic carbocycles. The van der Waals surface area contributed by atoms with Crippen molar-refractivity contribution in [2.24, 2.45) is 0 Å². The normalized spacial score (nSPS) is 22.5. The lowest BCUT2D eigenvalue weighted by Gasteiger charge is -2.40. The Balaban J connectivity index is 1.98. The van der Waals surface area contributed by atoms with Crippen molar-refractivity contribution in [1.82, 2.24) is 20.0 Å². The van der Waals surface area contributed by atoms with Gasteiger partial charge in [-0.25, -0.2) is 0 Å². The number of hydrogen-bond donors (Lipinski definition) is 2. The highest BCUT2D eigenvalue weighted by molar-refractivity contribution is 5.92. The molecule has 0 radical (unpaired) electrons. The molecule has 0 unspecified atom stereocenters. The number of amides is 1. The largest absolute Gasteiger partial charge is 0.392 e. The smallest absolute Gasteiger partial charge is 0.274 e. The average Bonchev–Trinajstić information content (AvgIpc) is 2.74.